The summed E-state index contributed by atoms with van der Waals surface area (Å²) in [6, 6.07) is 11.8. The highest BCUT2D eigenvalue weighted by molar-refractivity contribution is 7.98. The van der Waals surface area contributed by atoms with E-state index >= 15 is 0 Å². The second kappa shape index (κ2) is 6.11. The van der Waals surface area contributed by atoms with E-state index < -0.39 is 0 Å². The highest BCUT2D eigenvalue weighted by atomic mass is 35.5. The quantitative estimate of drug-likeness (QED) is 0.676. The smallest absolute Gasteiger partial charge is 0.172 e. The molecule has 2 aromatic heterocycles. The number of nitrogens with zero attached hydrogens (tertiary/aromatic N) is 3. The van der Waals surface area contributed by atoms with Gasteiger partial charge in [0.15, 0.2) is 5.16 Å². The van der Waals surface area contributed by atoms with Gasteiger partial charge in [0, 0.05) is 29.4 Å². The summed E-state index contributed by atoms with van der Waals surface area (Å²) in [6.07, 6.45) is 7.34. The first-order valence-electron chi connectivity index (χ1n) is 6.14. The molecule has 0 aliphatic rings. The lowest BCUT2D eigenvalue weighted by Gasteiger charge is -2.06. The predicted molar refractivity (Wildman–Crippen MR) is 82.4 cm³/mol. The van der Waals surface area contributed by atoms with E-state index in [1.165, 1.54) is 5.56 Å². The molecule has 0 bridgehead atoms. The minimum atomic E-state index is 0.760. The van der Waals surface area contributed by atoms with Crippen molar-refractivity contribution >= 4 is 23.4 Å². The normalized spacial score (nSPS) is 10.7. The van der Waals surface area contributed by atoms with Crippen molar-refractivity contribution in [2.45, 2.75) is 10.9 Å². The van der Waals surface area contributed by atoms with Gasteiger partial charge in [-0.05, 0) is 29.8 Å². The lowest BCUT2D eigenvalue weighted by atomic mass is 10.2. The number of aromatic nitrogens is 3. The molecule has 0 unspecified atom stereocenters. The average Bonchev–Trinajstić information content (AvgIpc) is 2.96. The number of rotatable bonds is 4. The van der Waals surface area contributed by atoms with Crippen LogP contribution in [-0.2, 0) is 5.75 Å². The van der Waals surface area contributed by atoms with Crippen LogP contribution in [0.25, 0.3) is 5.69 Å². The molecule has 2 heterocycles. The number of imidazole rings is 1. The molecule has 1 aromatic carbocycles. The molecule has 0 N–H and O–H groups in total. The Hall–Kier alpha value is -1.78. The van der Waals surface area contributed by atoms with Gasteiger partial charge in [-0.1, -0.05) is 35.5 Å². The Kier molecular flexibility index (Phi) is 4.04. The van der Waals surface area contributed by atoms with E-state index in [0.717, 1.165) is 21.6 Å². The standard InChI is InChI=1S/C15H12ClN3S/c16-13-5-3-12(4-6-13)11-20-15-18-8-9-19(15)14-2-1-7-17-10-14/h1-10H,11H2. The summed E-state index contributed by atoms with van der Waals surface area (Å²) in [5, 5.41) is 1.71. The molecule has 20 heavy (non-hydrogen) atoms. The van der Waals surface area contributed by atoms with Gasteiger partial charge in [0.25, 0.3) is 0 Å². The maximum atomic E-state index is 5.89. The Bertz CT molecular complexity index is 680. The van der Waals surface area contributed by atoms with Crippen LogP contribution in [0.5, 0.6) is 0 Å². The summed E-state index contributed by atoms with van der Waals surface area (Å²) < 4.78 is 2.04. The fourth-order valence-corrected chi connectivity index (χ4v) is 2.87. The van der Waals surface area contributed by atoms with Gasteiger partial charge in [0.2, 0.25) is 0 Å². The molecule has 0 saturated carbocycles. The minimum Gasteiger partial charge on any atom is -0.293 e. The first kappa shape index (κ1) is 13.2. The molecular weight excluding hydrogens is 290 g/mol. The molecule has 0 radical (unpaired) electrons. The fourth-order valence-electron chi connectivity index (χ4n) is 1.82. The Morgan fingerprint density at radius 2 is 1.95 bits per heavy atom. The van der Waals surface area contributed by atoms with Crippen LogP contribution in [0.4, 0.5) is 0 Å². The third-order valence-electron chi connectivity index (χ3n) is 2.81. The molecule has 0 spiro atoms. The second-order valence-electron chi connectivity index (χ2n) is 4.21. The van der Waals surface area contributed by atoms with Crippen molar-refractivity contribution in [2.24, 2.45) is 0 Å². The highest BCUT2D eigenvalue weighted by Crippen LogP contribution is 2.24. The third kappa shape index (κ3) is 3.03. The van der Waals surface area contributed by atoms with Gasteiger partial charge < -0.3 is 0 Å². The lowest BCUT2D eigenvalue weighted by Crippen LogP contribution is -1.95. The molecule has 3 nitrogen and oxygen atoms in total. The van der Waals surface area contributed by atoms with Crippen LogP contribution in [0.3, 0.4) is 0 Å². The number of thioether (sulfide) groups is 1. The van der Waals surface area contributed by atoms with Gasteiger partial charge in [-0.15, -0.1) is 0 Å². The Morgan fingerprint density at radius 3 is 2.70 bits per heavy atom. The zero-order chi connectivity index (χ0) is 13.8. The van der Waals surface area contributed by atoms with Crippen LogP contribution < -0.4 is 0 Å². The monoisotopic (exact) mass is 301 g/mol. The van der Waals surface area contributed by atoms with Crippen molar-refractivity contribution in [3.05, 3.63) is 71.8 Å². The molecule has 0 atom stereocenters. The number of halogens is 1. The van der Waals surface area contributed by atoms with Crippen molar-refractivity contribution in [1.82, 2.24) is 14.5 Å². The van der Waals surface area contributed by atoms with Crippen LogP contribution in [0, 0.1) is 0 Å². The Morgan fingerprint density at radius 1 is 1.10 bits per heavy atom. The second-order valence-corrected chi connectivity index (χ2v) is 5.59. The molecule has 0 aliphatic heterocycles. The van der Waals surface area contributed by atoms with Gasteiger partial charge in [0.1, 0.15) is 0 Å². The first-order valence-corrected chi connectivity index (χ1v) is 7.50. The summed E-state index contributed by atoms with van der Waals surface area (Å²) in [6.45, 7) is 0. The predicted octanol–water partition coefficient (Wildman–Crippen LogP) is 4.21. The fraction of sp³-hybridized carbons (Fsp3) is 0.0667. The zero-order valence-corrected chi connectivity index (χ0v) is 12.2. The molecule has 100 valence electrons. The van der Waals surface area contributed by atoms with Crippen LogP contribution in [0.2, 0.25) is 5.02 Å². The summed E-state index contributed by atoms with van der Waals surface area (Å²) in [5.74, 6) is 0.856. The highest BCUT2D eigenvalue weighted by Gasteiger charge is 2.06. The molecule has 3 aromatic rings. The van der Waals surface area contributed by atoms with Crippen LogP contribution in [-0.4, -0.2) is 14.5 Å². The summed E-state index contributed by atoms with van der Waals surface area (Å²) in [5.41, 5.74) is 2.24. The zero-order valence-electron chi connectivity index (χ0n) is 10.6. The van der Waals surface area contributed by atoms with Gasteiger partial charge in [0.05, 0.1) is 11.9 Å². The Balaban J connectivity index is 1.76. The van der Waals surface area contributed by atoms with Gasteiger partial charge in [-0.3, -0.25) is 9.55 Å². The van der Waals surface area contributed by atoms with E-state index in [1.807, 2.05) is 53.4 Å². The van der Waals surface area contributed by atoms with Gasteiger partial charge in [-0.25, -0.2) is 4.98 Å². The average molecular weight is 302 g/mol. The molecule has 3 rings (SSSR count). The maximum Gasteiger partial charge on any atom is 0.172 e. The molecule has 0 aliphatic carbocycles. The maximum absolute atomic E-state index is 5.89. The summed E-state index contributed by atoms with van der Waals surface area (Å²) in [4.78, 5) is 8.53. The van der Waals surface area contributed by atoms with E-state index in [-0.39, 0.29) is 0 Å². The van der Waals surface area contributed by atoms with Gasteiger partial charge >= 0.3 is 0 Å². The van der Waals surface area contributed by atoms with E-state index in [1.54, 1.807) is 24.2 Å². The van der Waals surface area contributed by atoms with Gasteiger partial charge in [-0.2, -0.15) is 0 Å². The van der Waals surface area contributed by atoms with Crippen LogP contribution in [0.1, 0.15) is 5.56 Å². The largest absolute Gasteiger partial charge is 0.293 e. The number of hydrogen-bond acceptors (Lipinski definition) is 3. The van der Waals surface area contributed by atoms with E-state index in [0.29, 0.717) is 0 Å². The van der Waals surface area contributed by atoms with E-state index in [2.05, 4.69) is 9.97 Å². The number of benzene rings is 1. The van der Waals surface area contributed by atoms with Crippen molar-refractivity contribution < 1.29 is 0 Å². The van der Waals surface area contributed by atoms with Crippen molar-refractivity contribution in [3.8, 4) is 5.69 Å². The third-order valence-corrected chi connectivity index (χ3v) is 4.10. The van der Waals surface area contributed by atoms with E-state index in [9.17, 15) is 0 Å². The van der Waals surface area contributed by atoms with Crippen molar-refractivity contribution in [3.63, 3.8) is 0 Å². The van der Waals surface area contributed by atoms with Crippen molar-refractivity contribution in [1.29, 1.82) is 0 Å². The topological polar surface area (TPSA) is 30.7 Å². The minimum absolute atomic E-state index is 0.760. The van der Waals surface area contributed by atoms with Crippen LogP contribution in [0.15, 0.2) is 66.3 Å². The number of hydrogen-bond donors (Lipinski definition) is 0. The molecule has 5 heteroatoms. The SMILES string of the molecule is Clc1ccc(CSc2nccn2-c2cccnc2)cc1. The van der Waals surface area contributed by atoms with Crippen molar-refractivity contribution in [2.75, 3.05) is 0 Å². The van der Waals surface area contributed by atoms with E-state index in [4.69, 9.17) is 11.6 Å². The molecule has 0 amide bonds. The summed E-state index contributed by atoms with van der Waals surface area (Å²) >= 11 is 7.57. The Labute approximate surface area is 126 Å². The molecule has 0 saturated heterocycles. The molecular formula is C15H12ClN3S. The summed E-state index contributed by atoms with van der Waals surface area (Å²) in [7, 11) is 0. The first-order chi connectivity index (χ1) is 9.83. The molecule has 0 fully saturated rings. The lowest BCUT2D eigenvalue weighted by molar-refractivity contribution is 0.888. The number of pyridine rings is 1. The van der Waals surface area contributed by atoms with Crippen LogP contribution >= 0.6 is 23.4 Å².